The summed E-state index contributed by atoms with van der Waals surface area (Å²) in [6.45, 7) is 2.57. The molecular formula is C13H17N5O. The van der Waals surface area contributed by atoms with Crippen LogP contribution in [0.5, 0.6) is 0 Å². The van der Waals surface area contributed by atoms with Crippen molar-refractivity contribution in [1.29, 1.82) is 0 Å². The van der Waals surface area contributed by atoms with Gasteiger partial charge < -0.3 is 11.5 Å². The number of pyridine rings is 1. The van der Waals surface area contributed by atoms with Crippen molar-refractivity contribution >= 4 is 11.6 Å². The molecule has 1 amide bonds. The van der Waals surface area contributed by atoms with Crippen molar-refractivity contribution in [3.63, 3.8) is 0 Å². The largest absolute Gasteiger partial charge is 0.395 e. The van der Waals surface area contributed by atoms with Gasteiger partial charge in [-0.05, 0) is 18.1 Å². The maximum absolute atomic E-state index is 11.3. The molecular weight excluding hydrogens is 242 g/mol. The minimum atomic E-state index is -0.597. The molecule has 0 aromatic carbocycles. The Kier molecular flexibility index (Phi) is 3.79. The van der Waals surface area contributed by atoms with E-state index in [1.165, 1.54) is 0 Å². The van der Waals surface area contributed by atoms with E-state index in [9.17, 15) is 4.79 Å². The highest BCUT2D eigenvalue weighted by Gasteiger charge is 2.18. The number of hydrogen-bond acceptors (Lipinski definition) is 4. The summed E-state index contributed by atoms with van der Waals surface area (Å²) in [6.07, 6.45) is 5.15. The highest BCUT2D eigenvalue weighted by Crippen LogP contribution is 2.19. The summed E-state index contributed by atoms with van der Waals surface area (Å²) in [4.78, 5) is 15.4. The predicted molar refractivity (Wildman–Crippen MR) is 72.5 cm³/mol. The Morgan fingerprint density at radius 2 is 2.26 bits per heavy atom. The highest BCUT2D eigenvalue weighted by molar-refractivity contribution is 5.96. The molecule has 0 saturated heterocycles. The number of primary amides is 1. The molecule has 0 aliphatic rings. The molecule has 0 bridgehead atoms. The van der Waals surface area contributed by atoms with E-state index in [2.05, 4.69) is 10.1 Å². The molecule has 4 N–H and O–H groups in total. The summed E-state index contributed by atoms with van der Waals surface area (Å²) < 4.78 is 1.73. The number of nitrogen functional groups attached to an aromatic ring is 1. The topological polar surface area (TPSA) is 99.8 Å². The molecule has 0 saturated carbocycles. The molecule has 2 heterocycles. The van der Waals surface area contributed by atoms with Gasteiger partial charge in [0, 0.05) is 12.4 Å². The van der Waals surface area contributed by atoms with Crippen LogP contribution in [0.4, 0.5) is 5.69 Å². The van der Waals surface area contributed by atoms with Gasteiger partial charge in [0.2, 0.25) is 0 Å². The van der Waals surface area contributed by atoms with Gasteiger partial charge in [0.1, 0.15) is 0 Å². The normalized spacial score (nSPS) is 10.6. The molecule has 0 atom stereocenters. The quantitative estimate of drug-likeness (QED) is 0.835. The van der Waals surface area contributed by atoms with E-state index in [1.807, 2.05) is 19.1 Å². The number of carbonyl (C=O) groups is 1. The van der Waals surface area contributed by atoms with Gasteiger partial charge in [-0.3, -0.25) is 14.5 Å². The Bertz CT molecular complexity index is 576. The standard InChI is InChI=1S/C13H17N5O/c1-2-4-10-11(14)12(13(15)19)17-18(10)8-9-5-3-6-16-7-9/h3,5-7H,2,4,8,14H2,1H3,(H2,15,19). The molecule has 100 valence electrons. The van der Waals surface area contributed by atoms with Crippen LogP contribution in [0.15, 0.2) is 24.5 Å². The highest BCUT2D eigenvalue weighted by atomic mass is 16.1. The van der Waals surface area contributed by atoms with Gasteiger partial charge in [-0.25, -0.2) is 0 Å². The van der Waals surface area contributed by atoms with Crippen LogP contribution in [0.1, 0.15) is 35.1 Å². The van der Waals surface area contributed by atoms with Crippen LogP contribution in [0.2, 0.25) is 0 Å². The average Bonchev–Trinajstić information content (AvgIpc) is 2.69. The summed E-state index contributed by atoms with van der Waals surface area (Å²) in [5.74, 6) is -0.597. The Labute approximate surface area is 111 Å². The van der Waals surface area contributed by atoms with Crippen molar-refractivity contribution in [3.8, 4) is 0 Å². The number of nitrogens with zero attached hydrogens (tertiary/aromatic N) is 3. The van der Waals surface area contributed by atoms with Crippen LogP contribution in [0.3, 0.4) is 0 Å². The second kappa shape index (κ2) is 5.51. The smallest absolute Gasteiger partial charge is 0.271 e. The predicted octanol–water partition coefficient (Wildman–Crippen LogP) is 0.960. The lowest BCUT2D eigenvalue weighted by Crippen LogP contribution is -2.14. The van der Waals surface area contributed by atoms with Crippen LogP contribution >= 0.6 is 0 Å². The van der Waals surface area contributed by atoms with Crippen LogP contribution in [0, 0.1) is 0 Å². The van der Waals surface area contributed by atoms with Crippen molar-refractivity contribution in [1.82, 2.24) is 14.8 Å². The molecule has 2 rings (SSSR count). The van der Waals surface area contributed by atoms with E-state index >= 15 is 0 Å². The number of anilines is 1. The number of nitrogens with two attached hydrogens (primary N) is 2. The molecule has 2 aromatic rings. The summed E-state index contributed by atoms with van der Waals surface area (Å²) in [5, 5.41) is 4.21. The molecule has 19 heavy (non-hydrogen) atoms. The van der Waals surface area contributed by atoms with Gasteiger partial charge in [0.05, 0.1) is 17.9 Å². The summed E-state index contributed by atoms with van der Waals surface area (Å²) in [6, 6.07) is 3.81. The van der Waals surface area contributed by atoms with Crippen LogP contribution in [-0.4, -0.2) is 20.7 Å². The van der Waals surface area contributed by atoms with Crippen LogP contribution < -0.4 is 11.5 Å². The van der Waals surface area contributed by atoms with Gasteiger partial charge in [-0.15, -0.1) is 0 Å². The van der Waals surface area contributed by atoms with Crippen molar-refractivity contribution in [2.24, 2.45) is 5.73 Å². The summed E-state index contributed by atoms with van der Waals surface area (Å²) >= 11 is 0. The molecule has 0 fully saturated rings. The Hall–Kier alpha value is -2.37. The Balaban J connectivity index is 2.38. The van der Waals surface area contributed by atoms with Gasteiger partial charge in [0.15, 0.2) is 5.69 Å². The molecule has 2 aromatic heterocycles. The Morgan fingerprint density at radius 1 is 1.47 bits per heavy atom. The number of hydrogen-bond donors (Lipinski definition) is 2. The third kappa shape index (κ3) is 2.73. The minimum Gasteiger partial charge on any atom is -0.395 e. The number of rotatable bonds is 5. The molecule has 0 aliphatic carbocycles. The number of aromatic nitrogens is 3. The van der Waals surface area contributed by atoms with Gasteiger partial charge >= 0.3 is 0 Å². The molecule has 0 radical (unpaired) electrons. The molecule has 0 aliphatic heterocycles. The lowest BCUT2D eigenvalue weighted by Gasteiger charge is -2.06. The lowest BCUT2D eigenvalue weighted by atomic mass is 10.2. The monoisotopic (exact) mass is 259 g/mol. The van der Waals surface area contributed by atoms with Crippen molar-refractivity contribution in [2.45, 2.75) is 26.3 Å². The fraction of sp³-hybridized carbons (Fsp3) is 0.308. The van der Waals surface area contributed by atoms with Gasteiger partial charge in [-0.2, -0.15) is 5.10 Å². The maximum Gasteiger partial charge on any atom is 0.271 e. The SMILES string of the molecule is CCCc1c(N)c(C(N)=O)nn1Cc1cccnc1. The summed E-state index contributed by atoms with van der Waals surface area (Å²) in [5.41, 5.74) is 13.6. The van der Waals surface area contributed by atoms with Crippen molar-refractivity contribution < 1.29 is 4.79 Å². The van der Waals surface area contributed by atoms with E-state index in [0.29, 0.717) is 12.2 Å². The molecule has 6 nitrogen and oxygen atoms in total. The summed E-state index contributed by atoms with van der Waals surface area (Å²) in [7, 11) is 0. The zero-order valence-corrected chi connectivity index (χ0v) is 10.8. The van der Waals surface area contributed by atoms with Crippen LogP contribution in [0.25, 0.3) is 0 Å². The lowest BCUT2D eigenvalue weighted by molar-refractivity contribution is 0.0995. The third-order valence-electron chi connectivity index (χ3n) is 2.87. The number of amides is 1. The van der Waals surface area contributed by atoms with E-state index in [0.717, 1.165) is 24.1 Å². The third-order valence-corrected chi connectivity index (χ3v) is 2.87. The minimum absolute atomic E-state index is 0.146. The van der Waals surface area contributed by atoms with Crippen molar-refractivity contribution in [2.75, 3.05) is 5.73 Å². The fourth-order valence-corrected chi connectivity index (χ4v) is 1.99. The first-order chi connectivity index (χ1) is 9.13. The van der Waals surface area contributed by atoms with E-state index in [4.69, 9.17) is 11.5 Å². The van der Waals surface area contributed by atoms with E-state index < -0.39 is 5.91 Å². The zero-order chi connectivity index (χ0) is 13.8. The first kappa shape index (κ1) is 13.1. The molecule has 0 spiro atoms. The Morgan fingerprint density at radius 3 is 2.84 bits per heavy atom. The number of carbonyl (C=O) groups excluding carboxylic acids is 1. The second-order valence-corrected chi connectivity index (χ2v) is 4.34. The van der Waals surface area contributed by atoms with Gasteiger partial charge in [-0.1, -0.05) is 19.4 Å². The average molecular weight is 259 g/mol. The van der Waals surface area contributed by atoms with Gasteiger partial charge in [0.25, 0.3) is 5.91 Å². The fourth-order valence-electron chi connectivity index (χ4n) is 1.99. The van der Waals surface area contributed by atoms with Crippen LogP contribution in [-0.2, 0) is 13.0 Å². The molecule has 6 heteroatoms. The molecule has 0 unspecified atom stereocenters. The zero-order valence-electron chi connectivity index (χ0n) is 10.8. The van der Waals surface area contributed by atoms with E-state index in [1.54, 1.807) is 17.1 Å². The first-order valence-electron chi connectivity index (χ1n) is 6.17. The van der Waals surface area contributed by atoms with E-state index in [-0.39, 0.29) is 5.69 Å². The first-order valence-corrected chi connectivity index (χ1v) is 6.17. The maximum atomic E-state index is 11.3. The second-order valence-electron chi connectivity index (χ2n) is 4.34. The van der Waals surface area contributed by atoms with Crippen molar-refractivity contribution in [3.05, 3.63) is 41.5 Å².